The van der Waals surface area contributed by atoms with Gasteiger partial charge in [0.15, 0.2) is 0 Å². The van der Waals surface area contributed by atoms with E-state index >= 15 is 0 Å². The molecule has 6 aromatic carbocycles. The minimum atomic E-state index is 0.944. The van der Waals surface area contributed by atoms with Crippen LogP contribution >= 0.6 is 0 Å². The SMILES string of the molecule is Cc1ccc(C(c2ccc(C)cc2)=c2ccc3c(c2C2=CC=CC2)-c2c(c4ccccc4c4ccccc24)C=3)cc1. The Labute approximate surface area is 240 Å². The van der Waals surface area contributed by atoms with Crippen molar-refractivity contribution in [3.8, 4) is 11.1 Å². The first-order valence-corrected chi connectivity index (χ1v) is 14.5. The van der Waals surface area contributed by atoms with E-state index in [1.165, 1.54) is 87.6 Å². The molecule has 6 aromatic rings. The number of aryl methyl sites for hydroxylation is 2. The van der Waals surface area contributed by atoms with Gasteiger partial charge < -0.3 is 0 Å². The fourth-order valence-corrected chi connectivity index (χ4v) is 6.84. The van der Waals surface area contributed by atoms with Gasteiger partial charge >= 0.3 is 0 Å². The Morgan fingerprint density at radius 1 is 0.537 bits per heavy atom. The van der Waals surface area contributed by atoms with Crippen LogP contribution in [0.15, 0.2) is 127 Å². The average Bonchev–Trinajstić information content (AvgIpc) is 3.68. The second kappa shape index (κ2) is 9.32. The van der Waals surface area contributed by atoms with Crippen LogP contribution in [0, 0.1) is 13.8 Å². The largest absolute Gasteiger partial charge is 0.0801 e. The molecular formula is C41H30. The third-order valence-corrected chi connectivity index (χ3v) is 8.80. The molecule has 0 saturated carbocycles. The molecule has 0 radical (unpaired) electrons. The van der Waals surface area contributed by atoms with Crippen LogP contribution in [0.3, 0.4) is 0 Å². The summed E-state index contributed by atoms with van der Waals surface area (Å²) in [5.74, 6) is 0. The van der Waals surface area contributed by atoms with E-state index < -0.39 is 0 Å². The summed E-state index contributed by atoms with van der Waals surface area (Å²) in [5, 5.41) is 7.89. The Morgan fingerprint density at radius 2 is 1.12 bits per heavy atom. The van der Waals surface area contributed by atoms with Crippen LogP contribution in [0.4, 0.5) is 0 Å². The monoisotopic (exact) mass is 522 g/mol. The summed E-state index contributed by atoms with van der Waals surface area (Å²) in [4.78, 5) is 0. The van der Waals surface area contributed by atoms with Gasteiger partial charge in [0.2, 0.25) is 0 Å². The van der Waals surface area contributed by atoms with Crippen LogP contribution in [0.25, 0.3) is 49.9 Å². The average molecular weight is 523 g/mol. The summed E-state index contributed by atoms with van der Waals surface area (Å²) >= 11 is 0. The zero-order valence-electron chi connectivity index (χ0n) is 23.4. The Bertz CT molecular complexity index is 2160. The van der Waals surface area contributed by atoms with E-state index in [2.05, 4.69) is 147 Å². The van der Waals surface area contributed by atoms with E-state index in [-0.39, 0.29) is 0 Å². The number of hydrogen-bond acceptors (Lipinski definition) is 0. The first kappa shape index (κ1) is 23.9. The lowest BCUT2D eigenvalue weighted by Crippen LogP contribution is -2.20. The zero-order chi connectivity index (χ0) is 27.5. The number of hydrogen-bond donors (Lipinski definition) is 0. The summed E-state index contributed by atoms with van der Waals surface area (Å²) < 4.78 is 0. The van der Waals surface area contributed by atoms with Gasteiger partial charge in [-0.25, -0.2) is 0 Å². The van der Waals surface area contributed by atoms with Crippen molar-refractivity contribution in [2.24, 2.45) is 0 Å². The summed E-state index contributed by atoms with van der Waals surface area (Å²) in [7, 11) is 0. The number of fused-ring (bicyclic) bond motifs is 8. The minimum absolute atomic E-state index is 0.944. The number of rotatable bonds is 3. The molecular weight excluding hydrogens is 492 g/mol. The molecule has 0 fully saturated rings. The molecule has 2 aliphatic rings. The van der Waals surface area contributed by atoms with Gasteiger partial charge in [0.1, 0.15) is 0 Å². The Balaban J connectivity index is 1.57. The summed E-state index contributed by atoms with van der Waals surface area (Å²) in [6.45, 7) is 4.32. The van der Waals surface area contributed by atoms with Crippen LogP contribution in [0.5, 0.6) is 0 Å². The summed E-state index contributed by atoms with van der Waals surface area (Å²) in [5.41, 5.74) is 13.1. The molecule has 0 aromatic heterocycles. The molecule has 194 valence electrons. The van der Waals surface area contributed by atoms with Gasteiger partial charge in [-0.1, -0.05) is 139 Å². The highest BCUT2D eigenvalue weighted by molar-refractivity contribution is 6.20. The van der Waals surface area contributed by atoms with E-state index in [4.69, 9.17) is 0 Å². The van der Waals surface area contributed by atoms with Crippen molar-refractivity contribution >= 4 is 38.8 Å². The molecule has 0 unspecified atom stereocenters. The summed E-state index contributed by atoms with van der Waals surface area (Å²) in [6, 6.07) is 40.6. The molecule has 0 atom stereocenters. The van der Waals surface area contributed by atoms with Gasteiger partial charge in [0.05, 0.1) is 0 Å². The molecule has 0 amide bonds. The van der Waals surface area contributed by atoms with Crippen LogP contribution < -0.4 is 10.4 Å². The van der Waals surface area contributed by atoms with E-state index in [0.717, 1.165) is 6.42 Å². The molecule has 0 N–H and O–H groups in total. The van der Waals surface area contributed by atoms with Crippen LogP contribution in [-0.2, 0) is 0 Å². The Kier molecular flexibility index (Phi) is 5.43. The van der Waals surface area contributed by atoms with Crippen LogP contribution in [0.2, 0.25) is 0 Å². The van der Waals surface area contributed by atoms with Gasteiger partial charge in [-0.3, -0.25) is 0 Å². The predicted octanol–water partition coefficient (Wildman–Crippen LogP) is 9.01. The van der Waals surface area contributed by atoms with E-state index in [0.29, 0.717) is 0 Å². The zero-order valence-corrected chi connectivity index (χ0v) is 23.4. The lowest BCUT2D eigenvalue weighted by atomic mass is 9.84. The van der Waals surface area contributed by atoms with E-state index in [9.17, 15) is 0 Å². The molecule has 0 heteroatoms. The third kappa shape index (κ3) is 3.75. The predicted molar refractivity (Wildman–Crippen MR) is 175 cm³/mol. The van der Waals surface area contributed by atoms with Crippen LogP contribution in [0.1, 0.15) is 39.8 Å². The van der Waals surface area contributed by atoms with Gasteiger partial charge in [0, 0.05) is 0 Å². The molecule has 0 aliphatic heterocycles. The Morgan fingerprint density at radius 3 is 1.73 bits per heavy atom. The van der Waals surface area contributed by atoms with Crippen molar-refractivity contribution in [3.05, 3.63) is 171 Å². The highest BCUT2D eigenvalue weighted by Gasteiger charge is 2.25. The molecule has 2 aliphatic carbocycles. The maximum Gasteiger partial charge on any atom is -0.00138 e. The molecule has 41 heavy (non-hydrogen) atoms. The van der Waals surface area contributed by atoms with Crippen LogP contribution in [-0.4, -0.2) is 0 Å². The van der Waals surface area contributed by atoms with Crippen molar-refractivity contribution in [2.75, 3.05) is 0 Å². The van der Waals surface area contributed by atoms with Gasteiger partial charge in [0.25, 0.3) is 0 Å². The second-order valence-electron chi connectivity index (χ2n) is 11.4. The molecule has 0 heterocycles. The number of benzene rings is 6. The van der Waals surface area contributed by atoms with Gasteiger partial charge in [-0.15, -0.1) is 0 Å². The van der Waals surface area contributed by atoms with Crippen molar-refractivity contribution in [1.82, 2.24) is 0 Å². The van der Waals surface area contributed by atoms with Crippen molar-refractivity contribution in [2.45, 2.75) is 20.3 Å². The number of allylic oxidation sites excluding steroid dienone is 4. The fraction of sp³-hybridized carbons (Fsp3) is 0.0732. The van der Waals surface area contributed by atoms with Crippen molar-refractivity contribution in [1.29, 1.82) is 0 Å². The van der Waals surface area contributed by atoms with Gasteiger partial charge in [-0.05, 0) is 103 Å². The second-order valence-corrected chi connectivity index (χ2v) is 11.4. The lowest BCUT2D eigenvalue weighted by molar-refractivity contribution is 1.36. The highest BCUT2D eigenvalue weighted by Crippen LogP contribution is 2.43. The normalized spacial score (nSPS) is 13.3. The molecule has 0 nitrogen and oxygen atoms in total. The first-order valence-electron chi connectivity index (χ1n) is 14.5. The van der Waals surface area contributed by atoms with E-state index in [1.807, 2.05) is 0 Å². The topological polar surface area (TPSA) is 0 Å². The Hall–Kier alpha value is -4.94. The minimum Gasteiger partial charge on any atom is -0.0801 e. The molecule has 0 bridgehead atoms. The maximum absolute atomic E-state index is 2.42. The fourth-order valence-electron chi connectivity index (χ4n) is 6.84. The standard InChI is InChI=1S/C41H30/c1-26-15-19-29(20-16-26)38(30-21-17-27(2)18-22-30)36-24-23-31-25-37-34-13-6-5-11-32(34)33-12-7-8-14-35(33)41(37)40(31)39(36)28-9-3-4-10-28/h3-9,11-25H,10H2,1-2H3. The smallest absolute Gasteiger partial charge is 0.00138 e. The summed E-state index contributed by atoms with van der Waals surface area (Å²) in [6.07, 6.45) is 10.2. The van der Waals surface area contributed by atoms with E-state index in [1.54, 1.807) is 0 Å². The molecule has 0 spiro atoms. The maximum atomic E-state index is 2.42. The molecule has 8 rings (SSSR count). The van der Waals surface area contributed by atoms with Gasteiger partial charge in [-0.2, -0.15) is 0 Å². The highest BCUT2D eigenvalue weighted by atomic mass is 14.3. The molecule has 0 saturated heterocycles. The third-order valence-electron chi connectivity index (χ3n) is 8.80. The first-order chi connectivity index (χ1) is 20.2. The van der Waals surface area contributed by atoms with Crippen molar-refractivity contribution < 1.29 is 0 Å². The lowest BCUT2D eigenvalue weighted by Gasteiger charge is -2.18. The van der Waals surface area contributed by atoms with Crippen molar-refractivity contribution in [3.63, 3.8) is 0 Å². The quantitative estimate of drug-likeness (QED) is 0.203.